The van der Waals surface area contributed by atoms with Crippen LogP contribution in [0.5, 0.6) is 0 Å². The van der Waals surface area contributed by atoms with Crippen LogP contribution >= 0.6 is 0 Å². The van der Waals surface area contributed by atoms with Crippen molar-refractivity contribution in [2.24, 2.45) is 10.7 Å². The molecule has 0 spiro atoms. The number of hydrogen-bond donors (Lipinski definition) is 1. The Bertz CT molecular complexity index is 270. The molecule has 78 valence electrons. The molecule has 0 atom stereocenters. The Hall–Kier alpha value is -1.31. The zero-order chi connectivity index (χ0) is 11.0. The van der Waals surface area contributed by atoms with Crippen LogP contribution in [0.2, 0.25) is 0 Å². The molecule has 0 radical (unpaired) electrons. The molecule has 2 nitrogen and oxygen atoms in total. The van der Waals surface area contributed by atoms with Gasteiger partial charge in [0.2, 0.25) is 0 Å². The van der Waals surface area contributed by atoms with Crippen molar-refractivity contribution >= 4 is 6.21 Å². The molecule has 0 aliphatic carbocycles. The van der Waals surface area contributed by atoms with E-state index in [0.29, 0.717) is 0 Å². The maximum absolute atomic E-state index is 5.47. The fourth-order valence-electron chi connectivity index (χ4n) is 1.22. The number of hydrogen-bond acceptors (Lipinski definition) is 2. The molecular formula is C12H20N2. The Morgan fingerprint density at radius 3 is 2.57 bits per heavy atom. The van der Waals surface area contributed by atoms with Crippen molar-refractivity contribution in [2.75, 3.05) is 7.05 Å². The fourth-order valence-corrected chi connectivity index (χ4v) is 1.22. The molecule has 0 saturated carbocycles. The zero-order valence-corrected chi connectivity index (χ0v) is 9.38. The number of nitrogens with zero attached hydrogens (tertiary/aromatic N) is 1. The van der Waals surface area contributed by atoms with Crippen molar-refractivity contribution in [3.8, 4) is 0 Å². The molecule has 0 aliphatic rings. The summed E-state index contributed by atoms with van der Waals surface area (Å²) >= 11 is 0. The van der Waals surface area contributed by atoms with Gasteiger partial charge in [-0.05, 0) is 18.9 Å². The van der Waals surface area contributed by atoms with Crippen LogP contribution in [-0.4, -0.2) is 13.3 Å². The molecule has 0 aromatic carbocycles. The summed E-state index contributed by atoms with van der Waals surface area (Å²) < 4.78 is 0. The number of nitrogens with two attached hydrogens (primary N) is 1. The number of aliphatic imine (C=N–C) groups is 1. The van der Waals surface area contributed by atoms with Gasteiger partial charge < -0.3 is 5.73 Å². The van der Waals surface area contributed by atoms with Gasteiger partial charge in [0, 0.05) is 25.0 Å². The van der Waals surface area contributed by atoms with Crippen LogP contribution in [0.1, 0.15) is 26.7 Å². The van der Waals surface area contributed by atoms with Gasteiger partial charge in [-0.25, -0.2) is 0 Å². The molecule has 0 aromatic heterocycles. The normalized spacial score (nSPS) is 13.6. The maximum atomic E-state index is 5.47. The number of allylic oxidation sites excluding steroid dienone is 4. The van der Waals surface area contributed by atoms with Crippen LogP contribution in [0.15, 0.2) is 40.6 Å². The van der Waals surface area contributed by atoms with Gasteiger partial charge in [0.25, 0.3) is 0 Å². The average molecular weight is 192 g/mol. The van der Waals surface area contributed by atoms with Gasteiger partial charge in [0.05, 0.1) is 0 Å². The first-order chi connectivity index (χ1) is 6.65. The predicted molar refractivity (Wildman–Crippen MR) is 64.5 cm³/mol. The van der Waals surface area contributed by atoms with Crippen molar-refractivity contribution in [3.63, 3.8) is 0 Å². The highest BCUT2D eigenvalue weighted by molar-refractivity contribution is 5.85. The molecule has 0 aliphatic heterocycles. The summed E-state index contributed by atoms with van der Waals surface area (Å²) in [5.74, 6) is 0. The van der Waals surface area contributed by atoms with Crippen molar-refractivity contribution in [1.29, 1.82) is 0 Å². The largest absolute Gasteiger partial charge is 0.404 e. The van der Waals surface area contributed by atoms with Gasteiger partial charge in [-0.1, -0.05) is 31.6 Å². The lowest BCUT2D eigenvalue weighted by Crippen LogP contribution is -1.93. The van der Waals surface area contributed by atoms with E-state index in [4.69, 9.17) is 5.73 Å². The average Bonchev–Trinajstić information content (AvgIpc) is 2.14. The summed E-state index contributed by atoms with van der Waals surface area (Å²) in [7, 11) is 1.72. The van der Waals surface area contributed by atoms with Gasteiger partial charge in [-0.2, -0.15) is 0 Å². The van der Waals surface area contributed by atoms with Crippen LogP contribution in [-0.2, 0) is 0 Å². The zero-order valence-electron chi connectivity index (χ0n) is 9.38. The lowest BCUT2D eigenvalue weighted by molar-refractivity contribution is 0.904. The molecular weight excluding hydrogens is 172 g/mol. The van der Waals surface area contributed by atoms with Gasteiger partial charge in [0.1, 0.15) is 0 Å². The van der Waals surface area contributed by atoms with Crippen LogP contribution in [0, 0.1) is 0 Å². The lowest BCUT2D eigenvalue weighted by atomic mass is 10.0. The Labute approximate surface area is 86.9 Å². The fraction of sp³-hybridized carbons (Fsp3) is 0.417. The summed E-state index contributed by atoms with van der Waals surface area (Å²) in [5.41, 5.74) is 8.58. The van der Waals surface area contributed by atoms with Crippen molar-refractivity contribution in [1.82, 2.24) is 0 Å². The standard InChI is InChI=1S/C12H20N2/c1-5-6-10(2)7-11(3)12(8-13)9-14-4/h7-9H,3,5-6,13H2,1-2,4H3/b10-7+,12-8+,14-9?. The lowest BCUT2D eigenvalue weighted by Gasteiger charge is -2.02. The first-order valence-electron chi connectivity index (χ1n) is 4.86. The third-order valence-corrected chi connectivity index (χ3v) is 1.88. The Morgan fingerprint density at radius 1 is 1.50 bits per heavy atom. The van der Waals surface area contributed by atoms with Gasteiger partial charge in [-0.15, -0.1) is 0 Å². The van der Waals surface area contributed by atoms with Crippen molar-refractivity contribution in [2.45, 2.75) is 26.7 Å². The molecule has 2 heteroatoms. The quantitative estimate of drug-likeness (QED) is 0.528. The highest BCUT2D eigenvalue weighted by Crippen LogP contribution is 2.12. The molecule has 0 fully saturated rings. The monoisotopic (exact) mass is 192 g/mol. The van der Waals surface area contributed by atoms with E-state index >= 15 is 0 Å². The first-order valence-corrected chi connectivity index (χ1v) is 4.86. The molecule has 0 amide bonds. The molecule has 2 N–H and O–H groups in total. The summed E-state index contributed by atoms with van der Waals surface area (Å²) in [6, 6.07) is 0. The van der Waals surface area contributed by atoms with E-state index in [1.807, 2.05) is 0 Å². The minimum atomic E-state index is 0.878. The SMILES string of the molecule is C=C(/C=C(\C)CCC)/C(C=NC)=C/N. The first kappa shape index (κ1) is 12.7. The molecule has 0 rings (SSSR count). The third-order valence-electron chi connectivity index (χ3n) is 1.88. The molecule has 0 heterocycles. The summed E-state index contributed by atoms with van der Waals surface area (Å²) in [4.78, 5) is 3.92. The van der Waals surface area contributed by atoms with E-state index in [-0.39, 0.29) is 0 Å². The van der Waals surface area contributed by atoms with E-state index < -0.39 is 0 Å². The molecule has 14 heavy (non-hydrogen) atoms. The second-order valence-electron chi connectivity index (χ2n) is 3.28. The topological polar surface area (TPSA) is 38.4 Å². The van der Waals surface area contributed by atoms with Gasteiger partial charge in [-0.3, -0.25) is 4.99 Å². The van der Waals surface area contributed by atoms with E-state index in [1.54, 1.807) is 13.3 Å². The van der Waals surface area contributed by atoms with E-state index in [9.17, 15) is 0 Å². The number of rotatable bonds is 5. The summed E-state index contributed by atoms with van der Waals surface area (Å²) in [6.07, 6.45) is 7.56. The van der Waals surface area contributed by atoms with Gasteiger partial charge >= 0.3 is 0 Å². The second kappa shape index (κ2) is 7.13. The summed E-state index contributed by atoms with van der Waals surface area (Å²) in [5, 5.41) is 0. The molecule has 0 bridgehead atoms. The smallest absolute Gasteiger partial charge is 0.0301 e. The summed E-state index contributed by atoms with van der Waals surface area (Å²) in [6.45, 7) is 8.21. The third kappa shape index (κ3) is 4.65. The molecule has 0 aromatic rings. The van der Waals surface area contributed by atoms with Crippen LogP contribution in [0.4, 0.5) is 0 Å². The van der Waals surface area contributed by atoms with Crippen molar-refractivity contribution < 1.29 is 0 Å². The van der Waals surface area contributed by atoms with E-state index in [1.165, 1.54) is 11.8 Å². The van der Waals surface area contributed by atoms with E-state index in [2.05, 4.69) is 31.5 Å². The minimum absolute atomic E-state index is 0.878. The van der Waals surface area contributed by atoms with Crippen LogP contribution in [0.25, 0.3) is 0 Å². The van der Waals surface area contributed by atoms with Gasteiger partial charge in [0.15, 0.2) is 0 Å². The van der Waals surface area contributed by atoms with Crippen LogP contribution < -0.4 is 5.73 Å². The van der Waals surface area contributed by atoms with E-state index in [0.717, 1.165) is 24.0 Å². The maximum Gasteiger partial charge on any atom is 0.0301 e. The van der Waals surface area contributed by atoms with Crippen molar-refractivity contribution in [3.05, 3.63) is 35.6 Å². The Morgan fingerprint density at radius 2 is 2.14 bits per heavy atom. The second-order valence-corrected chi connectivity index (χ2v) is 3.28. The predicted octanol–water partition coefficient (Wildman–Crippen LogP) is 2.83. The molecule has 0 saturated heterocycles. The Kier molecular flexibility index (Phi) is 6.46. The highest BCUT2D eigenvalue weighted by Gasteiger charge is 1.96. The highest BCUT2D eigenvalue weighted by atomic mass is 14.6. The molecule has 0 unspecified atom stereocenters. The van der Waals surface area contributed by atoms with Crippen LogP contribution in [0.3, 0.4) is 0 Å². The minimum Gasteiger partial charge on any atom is -0.404 e. The Balaban J connectivity index is 4.54.